The summed E-state index contributed by atoms with van der Waals surface area (Å²) in [7, 11) is 0. The number of nitrogens with zero attached hydrogens (tertiary/aromatic N) is 1. The molecule has 152 valence electrons. The Bertz CT molecular complexity index is 850. The van der Waals surface area contributed by atoms with Crippen LogP contribution < -0.4 is 15.5 Å². The van der Waals surface area contributed by atoms with Crippen molar-refractivity contribution < 1.29 is 19.3 Å². The molecule has 3 N–H and O–H groups in total. The minimum Gasteiger partial charge on any atom is -0.342 e. The highest BCUT2D eigenvalue weighted by Gasteiger charge is 2.24. The van der Waals surface area contributed by atoms with E-state index in [1.54, 1.807) is 24.3 Å². The van der Waals surface area contributed by atoms with Crippen molar-refractivity contribution in [2.75, 3.05) is 44.6 Å². The lowest BCUT2D eigenvalue weighted by Gasteiger charge is -2.32. The quantitative estimate of drug-likeness (QED) is 0.619. The van der Waals surface area contributed by atoms with E-state index in [1.807, 2.05) is 35.2 Å². The number of benzene rings is 2. The summed E-state index contributed by atoms with van der Waals surface area (Å²) in [6.07, 6.45) is 0. The first-order valence-electron chi connectivity index (χ1n) is 9.55. The molecule has 8 heteroatoms. The number of hydrogen-bond donors (Lipinski definition) is 3. The molecule has 1 aliphatic rings. The monoisotopic (exact) mass is 415 g/mol. The molecule has 0 aromatic heterocycles. The van der Waals surface area contributed by atoms with Crippen molar-refractivity contribution in [3.05, 3.63) is 65.2 Å². The Morgan fingerprint density at radius 1 is 0.931 bits per heavy atom. The standard InChI is InChI=1S/C21H23ClN4O3/c22-17-6-8-18(9-7-17)24-20(28)19(27)23-10-11-25-12-14-26(15-13-25)21(29)16-4-2-1-3-5-16/h1-9H,10-15H2,(H,23,27)(H,24,28)/p+1. The van der Waals surface area contributed by atoms with Gasteiger partial charge in [0.1, 0.15) is 0 Å². The van der Waals surface area contributed by atoms with Crippen molar-refractivity contribution in [3.8, 4) is 0 Å². The Morgan fingerprint density at radius 2 is 1.59 bits per heavy atom. The summed E-state index contributed by atoms with van der Waals surface area (Å²) in [5.41, 5.74) is 1.22. The number of piperazine rings is 1. The zero-order chi connectivity index (χ0) is 20.6. The van der Waals surface area contributed by atoms with Crippen molar-refractivity contribution in [1.82, 2.24) is 10.2 Å². The molecule has 0 atom stereocenters. The van der Waals surface area contributed by atoms with E-state index in [0.717, 1.165) is 13.1 Å². The fourth-order valence-corrected chi connectivity index (χ4v) is 3.32. The van der Waals surface area contributed by atoms with E-state index in [-0.39, 0.29) is 5.91 Å². The van der Waals surface area contributed by atoms with Gasteiger partial charge in [-0.1, -0.05) is 29.8 Å². The first-order valence-corrected chi connectivity index (χ1v) is 9.93. The smallest absolute Gasteiger partial charge is 0.313 e. The molecule has 0 bridgehead atoms. The second kappa shape index (κ2) is 10.0. The molecule has 3 rings (SSSR count). The van der Waals surface area contributed by atoms with Gasteiger partial charge in [0.05, 0.1) is 39.3 Å². The van der Waals surface area contributed by atoms with E-state index in [4.69, 9.17) is 11.6 Å². The first kappa shape index (κ1) is 20.8. The summed E-state index contributed by atoms with van der Waals surface area (Å²) in [4.78, 5) is 39.5. The lowest BCUT2D eigenvalue weighted by molar-refractivity contribution is -0.902. The zero-order valence-electron chi connectivity index (χ0n) is 16.0. The predicted octanol–water partition coefficient (Wildman–Crippen LogP) is 0.436. The van der Waals surface area contributed by atoms with E-state index in [0.29, 0.717) is 42.5 Å². The van der Waals surface area contributed by atoms with Gasteiger partial charge in [-0.05, 0) is 36.4 Å². The summed E-state index contributed by atoms with van der Waals surface area (Å²) >= 11 is 5.79. The summed E-state index contributed by atoms with van der Waals surface area (Å²) in [5, 5.41) is 5.73. The molecule has 0 unspecified atom stereocenters. The van der Waals surface area contributed by atoms with Gasteiger partial charge in [-0.2, -0.15) is 0 Å². The molecule has 0 aliphatic carbocycles. The van der Waals surface area contributed by atoms with Gasteiger partial charge in [0.2, 0.25) is 0 Å². The third-order valence-electron chi connectivity index (χ3n) is 4.85. The predicted molar refractivity (Wildman–Crippen MR) is 111 cm³/mol. The zero-order valence-corrected chi connectivity index (χ0v) is 16.7. The third-order valence-corrected chi connectivity index (χ3v) is 5.10. The molecule has 3 amide bonds. The molecular formula is C21H24ClN4O3+. The molecular weight excluding hydrogens is 392 g/mol. The summed E-state index contributed by atoms with van der Waals surface area (Å²) in [5.74, 6) is -1.32. The Hall–Kier alpha value is -2.90. The molecule has 2 aromatic rings. The van der Waals surface area contributed by atoms with Gasteiger partial charge in [-0.3, -0.25) is 14.4 Å². The van der Waals surface area contributed by atoms with E-state index < -0.39 is 11.8 Å². The maximum Gasteiger partial charge on any atom is 0.313 e. The van der Waals surface area contributed by atoms with Crippen LogP contribution in [0, 0.1) is 0 Å². The normalized spacial score (nSPS) is 14.3. The highest BCUT2D eigenvalue weighted by atomic mass is 35.5. The van der Waals surface area contributed by atoms with E-state index in [9.17, 15) is 14.4 Å². The van der Waals surface area contributed by atoms with Gasteiger partial charge < -0.3 is 20.4 Å². The molecule has 1 aliphatic heterocycles. The Morgan fingerprint density at radius 3 is 2.24 bits per heavy atom. The molecule has 1 saturated heterocycles. The minimum atomic E-state index is -0.708. The van der Waals surface area contributed by atoms with Gasteiger partial charge in [0.25, 0.3) is 5.91 Å². The number of hydrogen-bond acceptors (Lipinski definition) is 3. The van der Waals surface area contributed by atoms with E-state index in [2.05, 4.69) is 10.6 Å². The summed E-state index contributed by atoms with van der Waals surface area (Å²) in [6.45, 7) is 4.07. The molecule has 1 fully saturated rings. The lowest BCUT2D eigenvalue weighted by Crippen LogP contribution is -3.15. The van der Waals surface area contributed by atoms with Crippen molar-refractivity contribution >= 4 is 35.0 Å². The molecule has 0 spiro atoms. The van der Waals surface area contributed by atoms with Gasteiger partial charge in [0, 0.05) is 16.3 Å². The van der Waals surface area contributed by atoms with Crippen molar-refractivity contribution in [2.24, 2.45) is 0 Å². The molecule has 7 nitrogen and oxygen atoms in total. The molecule has 1 heterocycles. The molecule has 2 aromatic carbocycles. The van der Waals surface area contributed by atoms with Crippen LogP contribution in [0.15, 0.2) is 54.6 Å². The van der Waals surface area contributed by atoms with Crippen LogP contribution in [0.4, 0.5) is 5.69 Å². The maximum absolute atomic E-state index is 12.5. The molecule has 0 saturated carbocycles. The fraction of sp³-hybridized carbons (Fsp3) is 0.286. The first-order chi connectivity index (χ1) is 14.0. The van der Waals surface area contributed by atoms with Crippen molar-refractivity contribution in [3.63, 3.8) is 0 Å². The SMILES string of the molecule is O=C(NCC[NH+]1CCN(C(=O)c2ccccc2)CC1)C(=O)Nc1ccc(Cl)cc1. The highest BCUT2D eigenvalue weighted by molar-refractivity contribution is 6.39. The maximum atomic E-state index is 12.5. The van der Waals surface area contributed by atoms with Crippen LogP contribution in [0.1, 0.15) is 10.4 Å². The summed E-state index contributed by atoms with van der Waals surface area (Å²) in [6, 6.07) is 15.8. The number of carbonyl (C=O) groups excluding carboxylic acids is 3. The average Bonchev–Trinajstić information content (AvgIpc) is 2.76. The fourth-order valence-electron chi connectivity index (χ4n) is 3.19. The van der Waals surface area contributed by atoms with Gasteiger partial charge in [0.15, 0.2) is 0 Å². The average molecular weight is 416 g/mol. The molecule has 29 heavy (non-hydrogen) atoms. The van der Waals surface area contributed by atoms with Crippen molar-refractivity contribution in [1.29, 1.82) is 0 Å². The van der Waals surface area contributed by atoms with E-state index >= 15 is 0 Å². The van der Waals surface area contributed by atoms with Gasteiger partial charge >= 0.3 is 11.8 Å². The van der Waals surface area contributed by atoms with E-state index in [1.165, 1.54) is 4.90 Å². The second-order valence-electron chi connectivity index (χ2n) is 6.88. The lowest BCUT2D eigenvalue weighted by atomic mass is 10.2. The van der Waals surface area contributed by atoms with Crippen LogP contribution in [0.2, 0.25) is 5.02 Å². The van der Waals surface area contributed by atoms with Crippen molar-refractivity contribution in [2.45, 2.75) is 0 Å². The number of rotatable bonds is 5. The number of anilines is 1. The van der Waals surface area contributed by atoms with Gasteiger partial charge in [-0.25, -0.2) is 0 Å². The van der Waals surface area contributed by atoms with Crippen LogP contribution in [0.25, 0.3) is 0 Å². The van der Waals surface area contributed by atoms with Crippen LogP contribution in [-0.4, -0.2) is 61.9 Å². The third kappa shape index (κ3) is 6.04. The largest absolute Gasteiger partial charge is 0.342 e. The highest BCUT2D eigenvalue weighted by Crippen LogP contribution is 2.13. The Labute approximate surface area is 174 Å². The second-order valence-corrected chi connectivity index (χ2v) is 7.31. The van der Waals surface area contributed by atoms with Gasteiger partial charge in [-0.15, -0.1) is 0 Å². The van der Waals surface area contributed by atoms with Crippen LogP contribution >= 0.6 is 11.6 Å². The Balaban J connectivity index is 1.36. The van der Waals surface area contributed by atoms with Crippen LogP contribution in [0.5, 0.6) is 0 Å². The van der Waals surface area contributed by atoms with Crippen LogP contribution in [0.3, 0.4) is 0 Å². The molecule has 0 radical (unpaired) electrons. The number of nitrogens with one attached hydrogen (secondary N) is 3. The Kier molecular flexibility index (Phi) is 7.21. The number of halogens is 1. The van der Waals surface area contributed by atoms with Crippen LogP contribution in [-0.2, 0) is 9.59 Å². The topological polar surface area (TPSA) is 83.0 Å². The number of quaternary nitrogens is 1. The summed E-state index contributed by atoms with van der Waals surface area (Å²) < 4.78 is 0. The minimum absolute atomic E-state index is 0.0526. The number of carbonyl (C=O) groups is 3. The number of amides is 3.